The first kappa shape index (κ1) is 16.3. The second-order valence-corrected chi connectivity index (χ2v) is 5.11. The van der Waals surface area contributed by atoms with Crippen molar-refractivity contribution in [3.8, 4) is 0 Å². The van der Waals surface area contributed by atoms with Crippen molar-refractivity contribution in [3.63, 3.8) is 0 Å². The van der Waals surface area contributed by atoms with Crippen molar-refractivity contribution in [2.24, 2.45) is 5.92 Å². The summed E-state index contributed by atoms with van der Waals surface area (Å²) >= 11 is 0. The summed E-state index contributed by atoms with van der Waals surface area (Å²) in [5.74, 6) is -1.75. The first-order chi connectivity index (χ1) is 9.38. The van der Waals surface area contributed by atoms with Crippen LogP contribution in [-0.2, 0) is 14.3 Å². The van der Waals surface area contributed by atoms with Crippen molar-refractivity contribution >= 4 is 18.0 Å². The summed E-state index contributed by atoms with van der Waals surface area (Å²) in [6.07, 6.45) is 1.25. The average Bonchev–Trinajstić information content (AvgIpc) is 2.84. The summed E-state index contributed by atoms with van der Waals surface area (Å²) in [7, 11) is 0. The number of aliphatic carboxylic acids is 1. The van der Waals surface area contributed by atoms with Crippen molar-refractivity contribution in [1.82, 2.24) is 10.2 Å². The number of amides is 2. The number of carbonyl (C=O) groups excluding carboxylic acids is 2. The van der Waals surface area contributed by atoms with Gasteiger partial charge in [0.1, 0.15) is 12.1 Å². The molecule has 1 fully saturated rings. The lowest BCUT2D eigenvalue weighted by molar-refractivity contribution is -0.147. The Labute approximate surface area is 118 Å². The average molecular weight is 286 g/mol. The normalized spacial score (nSPS) is 19.8. The Hall–Kier alpha value is -1.79. The van der Waals surface area contributed by atoms with E-state index in [0.717, 1.165) is 0 Å². The molecule has 2 amide bonds. The Morgan fingerprint density at radius 2 is 2.05 bits per heavy atom. The van der Waals surface area contributed by atoms with Crippen molar-refractivity contribution in [3.05, 3.63) is 0 Å². The maximum absolute atomic E-state index is 12.1. The number of hydrogen-bond acceptors (Lipinski definition) is 4. The highest BCUT2D eigenvalue weighted by molar-refractivity contribution is 5.87. The van der Waals surface area contributed by atoms with E-state index in [-0.39, 0.29) is 12.5 Å². The largest absolute Gasteiger partial charge is 0.480 e. The molecule has 2 atom stereocenters. The molecule has 1 rings (SSSR count). The number of esters is 1. The Morgan fingerprint density at radius 3 is 2.55 bits per heavy atom. The predicted molar refractivity (Wildman–Crippen MR) is 71.2 cm³/mol. The van der Waals surface area contributed by atoms with Crippen LogP contribution < -0.4 is 5.32 Å². The second kappa shape index (κ2) is 7.12. The van der Waals surface area contributed by atoms with Gasteiger partial charge in [-0.15, -0.1) is 0 Å². The highest BCUT2D eigenvalue weighted by Gasteiger charge is 2.36. The summed E-state index contributed by atoms with van der Waals surface area (Å²) in [5.41, 5.74) is 0. The second-order valence-electron chi connectivity index (χ2n) is 5.11. The maximum Gasteiger partial charge on any atom is 0.328 e. The maximum atomic E-state index is 12.1. The summed E-state index contributed by atoms with van der Waals surface area (Å²) in [6, 6.07) is -2.11. The van der Waals surface area contributed by atoms with Crippen LogP contribution >= 0.6 is 0 Å². The Balaban J connectivity index is 2.70. The SMILES string of the molecule is CCOC(=O)C1CCCN1C(=O)N[C@@H](C(=O)O)C(C)C. The highest BCUT2D eigenvalue weighted by Crippen LogP contribution is 2.19. The van der Waals surface area contributed by atoms with Gasteiger partial charge in [0, 0.05) is 6.54 Å². The molecule has 1 heterocycles. The van der Waals surface area contributed by atoms with Crippen LogP contribution in [-0.4, -0.2) is 53.2 Å². The quantitative estimate of drug-likeness (QED) is 0.730. The molecule has 1 aliphatic heterocycles. The molecule has 0 aliphatic carbocycles. The lowest BCUT2D eigenvalue weighted by atomic mass is 10.1. The Kier molecular flexibility index (Phi) is 5.79. The number of carbonyl (C=O) groups is 3. The van der Waals surface area contributed by atoms with Crippen molar-refractivity contribution in [1.29, 1.82) is 0 Å². The van der Waals surface area contributed by atoms with Gasteiger partial charge >= 0.3 is 18.0 Å². The topological polar surface area (TPSA) is 95.9 Å². The van der Waals surface area contributed by atoms with E-state index in [4.69, 9.17) is 9.84 Å². The fourth-order valence-corrected chi connectivity index (χ4v) is 2.22. The van der Waals surface area contributed by atoms with Crippen LogP contribution in [0.4, 0.5) is 4.79 Å². The van der Waals surface area contributed by atoms with E-state index in [0.29, 0.717) is 19.4 Å². The van der Waals surface area contributed by atoms with Gasteiger partial charge in [-0.3, -0.25) is 0 Å². The zero-order chi connectivity index (χ0) is 15.3. The molecule has 1 saturated heterocycles. The van der Waals surface area contributed by atoms with Crippen LogP contribution in [0.15, 0.2) is 0 Å². The van der Waals surface area contributed by atoms with E-state index in [1.165, 1.54) is 4.90 Å². The van der Waals surface area contributed by atoms with Gasteiger partial charge in [-0.25, -0.2) is 14.4 Å². The van der Waals surface area contributed by atoms with E-state index in [1.807, 2.05) is 0 Å². The van der Waals surface area contributed by atoms with Crippen molar-refractivity contribution < 1.29 is 24.2 Å². The van der Waals surface area contributed by atoms with Gasteiger partial charge in [-0.05, 0) is 25.7 Å². The van der Waals surface area contributed by atoms with Crippen LogP contribution in [0, 0.1) is 5.92 Å². The van der Waals surface area contributed by atoms with Crippen molar-refractivity contribution in [2.75, 3.05) is 13.2 Å². The number of urea groups is 1. The molecular formula is C13H22N2O5. The summed E-state index contributed by atoms with van der Waals surface area (Å²) < 4.78 is 4.93. The molecule has 114 valence electrons. The molecule has 0 radical (unpaired) electrons. The molecular weight excluding hydrogens is 264 g/mol. The Morgan fingerprint density at radius 1 is 1.40 bits per heavy atom. The molecule has 1 aliphatic rings. The van der Waals surface area contributed by atoms with E-state index < -0.39 is 30.1 Å². The van der Waals surface area contributed by atoms with Gasteiger partial charge in [0.15, 0.2) is 0 Å². The summed E-state index contributed by atoms with van der Waals surface area (Å²) in [5, 5.41) is 11.5. The third-order valence-corrected chi connectivity index (χ3v) is 3.28. The first-order valence-electron chi connectivity index (χ1n) is 6.85. The molecule has 2 N–H and O–H groups in total. The fourth-order valence-electron chi connectivity index (χ4n) is 2.22. The lowest BCUT2D eigenvalue weighted by Gasteiger charge is -2.26. The molecule has 7 heteroatoms. The third-order valence-electron chi connectivity index (χ3n) is 3.28. The molecule has 20 heavy (non-hydrogen) atoms. The van der Waals surface area contributed by atoms with Gasteiger partial charge in [0.2, 0.25) is 0 Å². The van der Waals surface area contributed by atoms with Crippen LogP contribution in [0.25, 0.3) is 0 Å². The number of likely N-dealkylation sites (tertiary alicyclic amines) is 1. The zero-order valence-electron chi connectivity index (χ0n) is 12.1. The number of carboxylic acids is 1. The summed E-state index contributed by atoms with van der Waals surface area (Å²) in [4.78, 5) is 36.3. The number of nitrogens with zero attached hydrogens (tertiary/aromatic N) is 1. The number of ether oxygens (including phenoxy) is 1. The number of carboxylic acid groups (broad SMARTS) is 1. The third kappa shape index (κ3) is 3.85. The minimum absolute atomic E-state index is 0.236. The van der Waals surface area contributed by atoms with E-state index >= 15 is 0 Å². The summed E-state index contributed by atoms with van der Waals surface area (Å²) in [6.45, 7) is 5.82. The van der Waals surface area contributed by atoms with E-state index in [9.17, 15) is 14.4 Å². The predicted octanol–water partition coefficient (Wildman–Crippen LogP) is 0.833. The Bertz CT molecular complexity index is 383. The number of rotatable bonds is 5. The molecule has 7 nitrogen and oxygen atoms in total. The molecule has 0 aromatic carbocycles. The molecule has 0 saturated carbocycles. The highest BCUT2D eigenvalue weighted by atomic mass is 16.5. The standard InChI is InChI=1S/C13H22N2O5/c1-4-20-12(18)9-6-5-7-15(9)13(19)14-10(8(2)3)11(16)17/h8-10H,4-7H2,1-3H3,(H,14,19)(H,16,17)/t9?,10-/m1/s1. The van der Waals surface area contributed by atoms with Crippen LogP contribution in [0.5, 0.6) is 0 Å². The minimum atomic E-state index is -1.08. The molecule has 0 spiro atoms. The van der Waals surface area contributed by atoms with Gasteiger partial charge in [-0.2, -0.15) is 0 Å². The zero-order valence-corrected chi connectivity index (χ0v) is 12.1. The molecule has 1 unspecified atom stereocenters. The van der Waals surface area contributed by atoms with Gasteiger partial charge in [0.05, 0.1) is 6.61 Å². The van der Waals surface area contributed by atoms with Gasteiger partial charge < -0.3 is 20.1 Å². The van der Waals surface area contributed by atoms with Gasteiger partial charge in [-0.1, -0.05) is 13.8 Å². The number of hydrogen-bond donors (Lipinski definition) is 2. The van der Waals surface area contributed by atoms with Crippen molar-refractivity contribution in [2.45, 2.75) is 45.7 Å². The smallest absolute Gasteiger partial charge is 0.328 e. The number of nitrogens with one attached hydrogen (secondary N) is 1. The monoisotopic (exact) mass is 286 g/mol. The minimum Gasteiger partial charge on any atom is -0.480 e. The first-order valence-corrected chi connectivity index (χ1v) is 6.85. The fraction of sp³-hybridized carbons (Fsp3) is 0.769. The van der Waals surface area contributed by atoms with Crippen LogP contribution in [0.1, 0.15) is 33.6 Å². The molecule has 0 aromatic heterocycles. The van der Waals surface area contributed by atoms with Gasteiger partial charge in [0.25, 0.3) is 0 Å². The van der Waals surface area contributed by atoms with E-state index in [2.05, 4.69) is 5.32 Å². The van der Waals surface area contributed by atoms with Crippen LogP contribution in [0.3, 0.4) is 0 Å². The van der Waals surface area contributed by atoms with Crippen LogP contribution in [0.2, 0.25) is 0 Å². The molecule has 0 bridgehead atoms. The lowest BCUT2D eigenvalue weighted by Crippen LogP contribution is -2.53. The van der Waals surface area contributed by atoms with E-state index in [1.54, 1.807) is 20.8 Å². The molecule has 0 aromatic rings.